The highest BCUT2D eigenvalue weighted by atomic mass is 16.6. The highest BCUT2D eigenvalue weighted by molar-refractivity contribution is 5.81. The Morgan fingerprint density at radius 2 is 2.43 bits per heavy atom. The van der Waals surface area contributed by atoms with Crippen LogP contribution in [0.2, 0.25) is 0 Å². The van der Waals surface area contributed by atoms with Gasteiger partial charge in [0.2, 0.25) is 0 Å². The van der Waals surface area contributed by atoms with Crippen molar-refractivity contribution in [2.75, 3.05) is 6.61 Å². The Kier molecular flexibility index (Phi) is 4.14. The molecular weight excluding hydrogens is 180 g/mol. The Hall–Kier alpha value is -0.830. The molecule has 1 heterocycles. The van der Waals surface area contributed by atoms with Crippen molar-refractivity contribution in [2.45, 2.75) is 38.9 Å². The molecule has 0 aliphatic carbocycles. The molecule has 0 radical (unpaired) electrons. The van der Waals surface area contributed by atoms with Crippen molar-refractivity contribution in [2.24, 2.45) is 5.92 Å². The number of carbonyl (C=O) groups is 1. The van der Waals surface area contributed by atoms with Gasteiger partial charge in [-0.3, -0.25) is 0 Å². The summed E-state index contributed by atoms with van der Waals surface area (Å²) in [6.07, 6.45) is 3.49. The van der Waals surface area contributed by atoms with Crippen molar-refractivity contribution in [3.63, 3.8) is 0 Å². The lowest BCUT2D eigenvalue weighted by atomic mass is 9.96. The Morgan fingerprint density at radius 3 is 2.86 bits per heavy atom. The van der Waals surface area contributed by atoms with Crippen molar-refractivity contribution >= 4 is 5.97 Å². The van der Waals surface area contributed by atoms with Gasteiger partial charge in [-0.25, -0.2) is 4.79 Å². The van der Waals surface area contributed by atoms with Crippen LogP contribution in [0.3, 0.4) is 0 Å². The average Bonchev–Trinajstić information content (AvgIpc) is 2.97. The maximum atomic E-state index is 10.9. The minimum absolute atomic E-state index is 0.0466. The van der Waals surface area contributed by atoms with E-state index < -0.39 is 0 Å². The van der Waals surface area contributed by atoms with Gasteiger partial charge >= 0.3 is 5.97 Å². The molecule has 0 aromatic rings. The molecule has 0 saturated carbocycles. The van der Waals surface area contributed by atoms with Gasteiger partial charge in [-0.2, -0.15) is 0 Å². The highest BCUT2D eigenvalue weighted by Gasteiger charge is 2.32. The first-order valence-electron chi connectivity index (χ1n) is 5.12. The number of carbonyl (C=O) groups excluding carboxylic acids is 1. The summed E-state index contributed by atoms with van der Waals surface area (Å²) in [5.74, 6) is 0.173. The second-order valence-electron chi connectivity index (χ2n) is 3.73. The largest absolute Gasteiger partial charge is 0.460 e. The van der Waals surface area contributed by atoms with Crippen LogP contribution in [0, 0.1) is 5.92 Å². The molecule has 0 amide bonds. The van der Waals surface area contributed by atoms with Crippen LogP contribution in [0.1, 0.15) is 26.7 Å². The monoisotopic (exact) mass is 198 g/mol. The first-order chi connectivity index (χ1) is 6.67. The molecule has 1 saturated heterocycles. The standard InChI is InChI=1S/C11H18O3/c1-4-9(10-7-13-10)6-8(3)14-11(12)5-2/h5,8-10H,2,4,6-7H2,1,3H3. The third-order valence-electron chi connectivity index (χ3n) is 2.53. The summed E-state index contributed by atoms with van der Waals surface area (Å²) in [5.41, 5.74) is 0. The van der Waals surface area contributed by atoms with E-state index in [1.165, 1.54) is 6.08 Å². The van der Waals surface area contributed by atoms with E-state index >= 15 is 0 Å². The summed E-state index contributed by atoms with van der Waals surface area (Å²) in [5, 5.41) is 0. The predicted molar refractivity (Wildman–Crippen MR) is 53.9 cm³/mol. The second-order valence-corrected chi connectivity index (χ2v) is 3.73. The van der Waals surface area contributed by atoms with Crippen molar-refractivity contribution in [1.29, 1.82) is 0 Å². The summed E-state index contributed by atoms with van der Waals surface area (Å²) in [4.78, 5) is 10.9. The smallest absolute Gasteiger partial charge is 0.330 e. The van der Waals surface area contributed by atoms with Gasteiger partial charge in [-0.1, -0.05) is 19.9 Å². The van der Waals surface area contributed by atoms with Gasteiger partial charge in [0.1, 0.15) is 0 Å². The number of esters is 1. The minimum Gasteiger partial charge on any atom is -0.460 e. The molecule has 0 spiro atoms. The van der Waals surface area contributed by atoms with Crippen molar-refractivity contribution in [1.82, 2.24) is 0 Å². The number of ether oxygens (including phenoxy) is 2. The molecular formula is C11H18O3. The van der Waals surface area contributed by atoms with Gasteiger partial charge in [0.25, 0.3) is 0 Å². The Labute approximate surface area is 85.1 Å². The zero-order valence-electron chi connectivity index (χ0n) is 8.86. The van der Waals surface area contributed by atoms with Gasteiger partial charge in [-0.05, 0) is 19.3 Å². The fraction of sp³-hybridized carbons (Fsp3) is 0.727. The molecule has 3 atom stereocenters. The van der Waals surface area contributed by atoms with Crippen LogP contribution in [0.15, 0.2) is 12.7 Å². The van der Waals surface area contributed by atoms with E-state index in [4.69, 9.17) is 9.47 Å². The predicted octanol–water partition coefficient (Wildman–Crippen LogP) is 1.92. The Morgan fingerprint density at radius 1 is 1.79 bits per heavy atom. The number of hydrogen-bond acceptors (Lipinski definition) is 3. The SMILES string of the molecule is C=CC(=O)OC(C)CC(CC)C1CO1. The molecule has 1 aliphatic heterocycles. The van der Waals surface area contributed by atoms with E-state index in [1.807, 2.05) is 6.92 Å². The third-order valence-corrected chi connectivity index (χ3v) is 2.53. The number of epoxide rings is 1. The van der Waals surface area contributed by atoms with Gasteiger partial charge < -0.3 is 9.47 Å². The van der Waals surface area contributed by atoms with Gasteiger partial charge in [0, 0.05) is 6.08 Å². The summed E-state index contributed by atoms with van der Waals surface area (Å²) in [7, 11) is 0. The molecule has 0 aromatic carbocycles. The molecule has 3 nitrogen and oxygen atoms in total. The average molecular weight is 198 g/mol. The molecule has 0 N–H and O–H groups in total. The normalized spacial score (nSPS) is 23.7. The summed E-state index contributed by atoms with van der Waals surface area (Å²) < 4.78 is 10.3. The maximum absolute atomic E-state index is 10.9. The lowest BCUT2D eigenvalue weighted by Crippen LogP contribution is -2.20. The van der Waals surface area contributed by atoms with Crippen LogP contribution >= 0.6 is 0 Å². The first kappa shape index (κ1) is 11.2. The van der Waals surface area contributed by atoms with Crippen LogP contribution in [0.4, 0.5) is 0 Å². The van der Waals surface area contributed by atoms with E-state index in [0.29, 0.717) is 12.0 Å². The Bertz CT molecular complexity index is 209. The fourth-order valence-electron chi connectivity index (χ4n) is 1.63. The minimum atomic E-state index is -0.343. The van der Waals surface area contributed by atoms with Gasteiger partial charge in [0.05, 0.1) is 18.8 Å². The zero-order valence-corrected chi connectivity index (χ0v) is 8.86. The highest BCUT2D eigenvalue weighted by Crippen LogP contribution is 2.27. The number of hydrogen-bond donors (Lipinski definition) is 0. The van der Waals surface area contributed by atoms with Crippen molar-refractivity contribution < 1.29 is 14.3 Å². The van der Waals surface area contributed by atoms with Gasteiger partial charge in [0.15, 0.2) is 0 Å². The lowest BCUT2D eigenvalue weighted by molar-refractivity contribution is -0.142. The van der Waals surface area contributed by atoms with E-state index in [9.17, 15) is 4.79 Å². The van der Waals surface area contributed by atoms with Gasteiger partial charge in [-0.15, -0.1) is 0 Å². The third kappa shape index (κ3) is 3.50. The maximum Gasteiger partial charge on any atom is 0.330 e. The van der Waals surface area contributed by atoms with E-state index in [2.05, 4.69) is 13.5 Å². The molecule has 0 aromatic heterocycles. The summed E-state index contributed by atoms with van der Waals surface area (Å²) in [6.45, 7) is 8.27. The fourth-order valence-corrected chi connectivity index (χ4v) is 1.63. The first-order valence-corrected chi connectivity index (χ1v) is 5.12. The quantitative estimate of drug-likeness (QED) is 0.372. The van der Waals surface area contributed by atoms with Crippen LogP contribution in [-0.4, -0.2) is 24.8 Å². The number of rotatable bonds is 6. The lowest BCUT2D eigenvalue weighted by Gasteiger charge is -2.17. The summed E-state index contributed by atoms with van der Waals surface area (Å²) in [6, 6.07) is 0. The zero-order chi connectivity index (χ0) is 10.6. The van der Waals surface area contributed by atoms with Crippen molar-refractivity contribution in [3.05, 3.63) is 12.7 Å². The van der Waals surface area contributed by atoms with Crippen LogP contribution in [0.5, 0.6) is 0 Å². The Balaban J connectivity index is 2.26. The molecule has 1 rings (SSSR count). The van der Waals surface area contributed by atoms with E-state index in [-0.39, 0.29) is 12.1 Å². The topological polar surface area (TPSA) is 38.8 Å². The van der Waals surface area contributed by atoms with Crippen LogP contribution in [-0.2, 0) is 14.3 Å². The second kappa shape index (κ2) is 5.15. The van der Waals surface area contributed by atoms with E-state index in [1.54, 1.807) is 0 Å². The molecule has 3 unspecified atom stereocenters. The molecule has 1 fully saturated rings. The van der Waals surface area contributed by atoms with Crippen molar-refractivity contribution in [3.8, 4) is 0 Å². The molecule has 3 heteroatoms. The molecule has 1 aliphatic rings. The van der Waals surface area contributed by atoms with Crippen LogP contribution < -0.4 is 0 Å². The molecule has 0 bridgehead atoms. The van der Waals surface area contributed by atoms with E-state index in [0.717, 1.165) is 19.4 Å². The molecule has 14 heavy (non-hydrogen) atoms. The molecule has 80 valence electrons. The summed E-state index contributed by atoms with van der Waals surface area (Å²) >= 11 is 0. The van der Waals surface area contributed by atoms with Crippen LogP contribution in [0.25, 0.3) is 0 Å².